The maximum atomic E-state index is 12.2. The monoisotopic (exact) mass is 382 g/mol. The van der Waals surface area contributed by atoms with E-state index in [0.717, 1.165) is 25.7 Å². The Morgan fingerprint density at radius 2 is 1.86 bits per heavy atom. The van der Waals surface area contributed by atoms with Crippen LogP contribution in [0, 0.1) is 0 Å². The van der Waals surface area contributed by atoms with E-state index in [1.165, 1.54) is 7.11 Å². The topological polar surface area (TPSA) is 85.9 Å². The van der Waals surface area contributed by atoms with E-state index in [1.807, 2.05) is 0 Å². The van der Waals surface area contributed by atoms with Gasteiger partial charge < -0.3 is 24.8 Å². The van der Waals surface area contributed by atoms with E-state index in [4.69, 9.17) is 14.2 Å². The van der Waals surface area contributed by atoms with Gasteiger partial charge >= 0.3 is 0 Å². The number of methoxy groups -OCH3 is 1. The molecule has 2 N–H and O–H groups in total. The molecular weight excluding hydrogens is 360 g/mol. The highest BCUT2D eigenvalue weighted by molar-refractivity contribution is 5.99. The number of fused-ring (bicyclic) bond motifs is 1. The summed E-state index contributed by atoms with van der Waals surface area (Å²) in [7, 11) is 1.53. The molecule has 1 heterocycles. The Labute approximate surface area is 163 Å². The summed E-state index contributed by atoms with van der Waals surface area (Å²) in [6, 6.07) is 12.1. The summed E-state index contributed by atoms with van der Waals surface area (Å²) in [5.41, 5.74) is 1.02. The fraction of sp³-hybridized carbons (Fsp3) is 0.333. The van der Waals surface area contributed by atoms with Crippen molar-refractivity contribution in [1.82, 2.24) is 5.32 Å². The van der Waals surface area contributed by atoms with Crippen LogP contribution < -0.4 is 24.8 Å². The van der Waals surface area contributed by atoms with E-state index in [1.54, 1.807) is 42.5 Å². The SMILES string of the molecule is COc1cccc(C(=O)NCC(=O)Nc2ccc3c(c2)OC2(CCCC2)O3)c1. The Bertz CT molecular complexity index is 905. The van der Waals surface area contributed by atoms with Crippen LogP contribution in [0.2, 0.25) is 0 Å². The average molecular weight is 382 g/mol. The average Bonchev–Trinajstić information content (AvgIpc) is 3.31. The Kier molecular flexibility index (Phi) is 4.81. The molecule has 4 rings (SSSR count). The molecule has 1 saturated carbocycles. The summed E-state index contributed by atoms with van der Waals surface area (Å²) in [5.74, 6) is 0.716. The van der Waals surface area contributed by atoms with E-state index < -0.39 is 5.79 Å². The Hall–Kier alpha value is -3.22. The van der Waals surface area contributed by atoms with Gasteiger partial charge in [-0.2, -0.15) is 0 Å². The van der Waals surface area contributed by atoms with Crippen LogP contribution in [0.25, 0.3) is 0 Å². The second-order valence-electron chi connectivity index (χ2n) is 6.95. The van der Waals surface area contributed by atoms with Gasteiger partial charge in [0, 0.05) is 30.2 Å². The first kappa shape index (κ1) is 18.2. The number of carbonyl (C=O) groups is 2. The fourth-order valence-corrected chi connectivity index (χ4v) is 3.52. The van der Waals surface area contributed by atoms with Crippen LogP contribution in [0.15, 0.2) is 42.5 Å². The van der Waals surface area contributed by atoms with Crippen LogP contribution in [0.5, 0.6) is 17.2 Å². The van der Waals surface area contributed by atoms with Gasteiger partial charge in [0.15, 0.2) is 11.5 Å². The molecule has 2 aliphatic rings. The van der Waals surface area contributed by atoms with Crippen molar-refractivity contribution in [1.29, 1.82) is 0 Å². The highest BCUT2D eigenvalue weighted by Crippen LogP contribution is 2.47. The van der Waals surface area contributed by atoms with Crippen LogP contribution in [0.4, 0.5) is 5.69 Å². The summed E-state index contributed by atoms with van der Waals surface area (Å²) < 4.78 is 17.1. The van der Waals surface area contributed by atoms with Crippen LogP contribution in [-0.2, 0) is 4.79 Å². The minimum absolute atomic E-state index is 0.144. The lowest BCUT2D eigenvalue weighted by molar-refractivity contribution is -0.115. The molecule has 2 aromatic carbocycles. The molecule has 0 saturated heterocycles. The third-order valence-electron chi connectivity index (χ3n) is 4.93. The first-order chi connectivity index (χ1) is 13.6. The van der Waals surface area contributed by atoms with Crippen molar-refractivity contribution in [2.75, 3.05) is 19.0 Å². The largest absolute Gasteiger partial charge is 0.497 e. The van der Waals surface area contributed by atoms with Crippen molar-refractivity contribution in [3.63, 3.8) is 0 Å². The molecule has 28 heavy (non-hydrogen) atoms. The number of amides is 2. The summed E-state index contributed by atoms with van der Waals surface area (Å²) in [4.78, 5) is 24.4. The number of nitrogens with one attached hydrogen (secondary N) is 2. The van der Waals surface area contributed by atoms with Crippen molar-refractivity contribution in [2.45, 2.75) is 31.5 Å². The molecule has 1 aliphatic carbocycles. The molecule has 1 fully saturated rings. The molecule has 1 spiro atoms. The number of anilines is 1. The minimum atomic E-state index is -0.532. The van der Waals surface area contributed by atoms with Gasteiger partial charge in [-0.1, -0.05) is 6.07 Å². The maximum absolute atomic E-state index is 12.2. The summed E-state index contributed by atoms with van der Waals surface area (Å²) in [6.07, 6.45) is 3.93. The number of carbonyl (C=O) groups excluding carboxylic acids is 2. The van der Waals surface area contributed by atoms with Gasteiger partial charge in [0.25, 0.3) is 11.7 Å². The minimum Gasteiger partial charge on any atom is -0.497 e. The van der Waals surface area contributed by atoms with Gasteiger partial charge in [-0.15, -0.1) is 0 Å². The van der Waals surface area contributed by atoms with Crippen molar-refractivity contribution < 1.29 is 23.8 Å². The third-order valence-corrected chi connectivity index (χ3v) is 4.93. The summed E-state index contributed by atoms with van der Waals surface area (Å²) in [6.45, 7) is -0.144. The lowest BCUT2D eigenvalue weighted by Crippen LogP contribution is -2.34. The second kappa shape index (κ2) is 7.42. The van der Waals surface area contributed by atoms with Gasteiger partial charge in [-0.25, -0.2) is 0 Å². The van der Waals surface area contributed by atoms with E-state index in [9.17, 15) is 9.59 Å². The highest BCUT2D eigenvalue weighted by atomic mass is 16.7. The molecule has 0 atom stereocenters. The predicted molar refractivity (Wildman–Crippen MR) is 103 cm³/mol. The second-order valence-corrected chi connectivity index (χ2v) is 6.95. The fourth-order valence-electron chi connectivity index (χ4n) is 3.52. The zero-order chi connectivity index (χ0) is 19.6. The van der Waals surface area contributed by atoms with Crippen LogP contribution in [0.3, 0.4) is 0 Å². The normalized spacial score (nSPS) is 16.0. The molecular formula is C21H22N2O5. The van der Waals surface area contributed by atoms with Gasteiger partial charge in [-0.3, -0.25) is 9.59 Å². The molecule has 0 bridgehead atoms. The lowest BCUT2D eigenvalue weighted by Gasteiger charge is -2.21. The van der Waals surface area contributed by atoms with E-state index in [-0.39, 0.29) is 18.4 Å². The number of rotatable bonds is 5. The highest BCUT2D eigenvalue weighted by Gasteiger charge is 2.44. The lowest BCUT2D eigenvalue weighted by atomic mass is 10.2. The molecule has 7 heteroatoms. The van der Waals surface area contributed by atoms with Gasteiger partial charge in [0.05, 0.1) is 13.7 Å². The maximum Gasteiger partial charge on any atom is 0.251 e. The van der Waals surface area contributed by atoms with Crippen LogP contribution >= 0.6 is 0 Å². The van der Waals surface area contributed by atoms with Crippen molar-refractivity contribution in [3.8, 4) is 17.2 Å². The zero-order valence-electron chi connectivity index (χ0n) is 15.6. The number of ether oxygens (including phenoxy) is 3. The van der Waals surface area contributed by atoms with Crippen molar-refractivity contribution in [2.24, 2.45) is 0 Å². The van der Waals surface area contributed by atoms with E-state index in [0.29, 0.717) is 28.5 Å². The molecule has 0 aromatic heterocycles. The summed E-state index contributed by atoms with van der Waals surface area (Å²) in [5, 5.41) is 5.37. The third kappa shape index (κ3) is 3.74. The molecule has 1 aliphatic heterocycles. The van der Waals surface area contributed by atoms with Crippen molar-refractivity contribution in [3.05, 3.63) is 48.0 Å². The molecule has 0 radical (unpaired) electrons. The van der Waals surface area contributed by atoms with Crippen molar-refractivity contribution >= 4 is 17.5 Å². The summed E-state index contributed by atoms with van der Waals surface area (Å²) >= 11 is 0. The standard InChI is InChI=1S/C21H22N2O5/c1-26-16-6-4-5-14(11-16)20(25)22-13-19(24)23-15-7-8-17-18(12-15)28-21(27-17)9-2-3-10-21/h4-8,11-12H,2-3,9-10,13H2,1H3,(H,22,25)(H,23,24). The number of benzene rings is 2. The quantitative estimate of drug-likeness (QED) is 0.830. The molecule has 146 valence electrons. The Balaban J connectivity index is 1.33. The molecule has 0 unspecified atom stereocenters. The van der Waals surface area contributed by atoms with Crippen LogP contribution in [0.1, 0.15) is 36.0 Å². The van der Waals surface area contributed by atoms with Gasteiger partial charge in [0.1, 0.15) is 5.75 Å². The first-order valence-corrected chi connectivity index (χ1v) is 9.31. The first-order valence-electron chi connectivity index (χ1n) is 9.31. The van der Waals surface area contributed by atoms with E-state index in [2.05, 4.69) is 10.6 Å². The number of hydrogen-bond acceptors (Lipinski definition) is 5. The van der Waals surface area contributed by atoms with Crippen LogP contribution in [-0.4, -0.2) is 31.3 Å². The molecule has 2 amide bonds. The molecule has 7 nitrogen and oxygen atoms in total. The Morgan fingerprint density at radius 3 is 2.64 bits per heavy atom. The van der Waals surface area contributed by atoms with Gasteiger partial charge in [0.2, 0.25) is 5.91 Å². The van der Waals surface area contributed by atoms with Gasteiger partial charge in [-0.05, 0) is 43.2 Å². The smallest absolute Gasteiger partial charge is 0.251 e. The zero-order valence-corrected chi connectivity index (χ0v) is 15.6. The number of hydrogen-bond donors (Lipinski definition) is 2. The predicted octanol–water partition coefficient (Wildman–Crippen LogP) is 3.11. The Morgan fingerprint density at radius 1 is 1.07 bits per heavy atom. The van der Waals surface area contributed by atoms with E-state index >= 15 is 0 Å². The molecule has 2 aromatic rings.